The van der Waals surface area contributed by atoms with Gasteiger partial charge in [0.05, 0.1) is 6.04 Å². The molecule has 0 radical (unpaired) electrons. The Balaban J connectivity index is 2.01. The minimum absolute atomic E-state index is 0.184. The highest BCUT2D eigenvalue weighted by Gasteiger charge is 2.22. The summed E-state index contributed by atoms with van der Waals surface area (Å²) in [6, 6.07) is 14.7. The van der Waals surface area contributed by atoms with Gasteiger partial charge in [-0.2, -0.15) is 0 Å². The number of hydrogen-bond acceptors (Lipinski definition) is 2. The molecule has 0 saturated heterocycles. The number of phenolic OH excluding ortho intramolecular Hbond substituents is 1. The Morgan fingerprint density at radius 1 is 1.10 bits per heavy atom. The average Bonchev–Trinajstić information content (AvgIpc) is 2.71. The van der Waals surface area contributed by atoms with Gasteiger partial charge in [-0.15, -0.1) is 0 Å². The quantitative estimate of drug-likeness (QED) is 0.869. The number of aryl methyl sites for hydroxylation is 2. The Bertz CT molecular complexity index is 635. The fourth-order valence-corrected chi connectivity index (χ4v) is 3.30. The van der Waals surface area contributed by atoms with E-state index in [9.17, 15) is 5.11 Å². The molecule has 0 fully saturated rings. The molecule has 1 heterocycles. The maximum Gasteiger partial charge on any atom is 0.120 e. The number of hydrogen-bond donors (Lipinski definition) is 1. The van der Waals surface area contributed by atoms with Crippen LogP contribution >= 0.6 is 0 Å². The van der Waals surface area contributed by atoms with Crippen LogP contribution in [0, 0.1) is 6.92 Å². The van der Waals surface area contributed by atoms with Crippen LogP contribution in [0.5, 0.6) is 5.75 Å². The lowest BCUT2D eigenvalue weighted by atomic mass is 10.0. The van der Waals surface area contributed by atoms with Gasteiger partial charge < -0.3 is 10.0 Å². The van der Waals surface area contributed by atoms with E-state index in [2.05, 4.69) is 49.1 Å². The SMILES string of the molecule is Cc1ccc(O)c(C(C)N2CCCCc3ccccc32)c1. The van der Waals surface area contributed by atoms with Gasteiger partial charge in [-0.25, -0.2) is 0 Å². The monoisotopic (exact) mass is 281 g/mol. The molecule has 110 valence electrons. The van der Waals surface area contributed by atoms with Crippen LogP contribution in [0.3, 0.4) is 0 Å². The molecular weight excluding hydrogens is 258 g/mol. The molecule has 2 nitrogen and oxygen atoms in total. The number of anilines is 1. The molecule has 0 bridgehead atoms. The number of benzene rings is 2. The summed E-state index contributed by atoms with van der Waals surface area (Å²) in [5, 5.41) is 10.2. The van der Waals surface area contributed by atoms with Crippen molar-refractivity contribution < 1.29 is 5.11 Å². The zero-order chi connectivity index (χ0) is 14.8. The molecule has 21 heavy (non-hydrogen) atoms. The Morgan fingerprint density at radius 3 is 2.76 bits per heavy atom. The largest absolute Gasteiger partial charge is 0.508 e. The lowest BCUT2D eigenvalue weighted by molar-refractivity contribution is 0.460. The van der Waals surface area contributed by atoms with Crippen molar-refractivity contribution in [2.24, 2.45) is 0 Å². The van der Waals surface area contributed by atoms with E-state index in [4.69, 9.17) is 0 Å². The fourth-order valence-electron chi connectivity index (χ4n) is 3.30. The van der Waals surface area contributed by atoms with Crippen molar-refractivity contribution in [1.82, 2.24) is 0 Å². The summed E-state index contributed by atoms with van der Waals surface area (Å²) >= 11 is 0. The van der Waals surface area contributed by atoms with Gasteiger partial charge in [0.2, 0.25) is 0 Å². The van der Waals surface area contributed by atoms with Gasteiger partial charge in [0, 0.05) is 17.8 Å². The molecule has 1 aliphatic heterocycles. The predicted octanol–water partition coefficient (Wildman–Crippen LogP) is 4.60. The van der Waals surface area contributed by atoms with Gasteiger partial charge >= 0.3 is 0 Å². The van der Waals surface area contributed by atoms with Crippen molar-refractivity contribution in [3.05, 3.63) is 59.2 Å². The Kier molecular flexibility index (Phi) is 3.87. The van der Waals surface area contributed by atoms with Gasteiger partial charge in [-0.05, 0) is 50.8 Å². The van der Waals surface area contributed by atoms with E-state index >= 15 is 0 Å². The smallest absolute Gasteiger partial charge is 0.120 e. The number of para-hydroxylation sites is 1. The number of fused-ring (bicyclic) bond motifs is 1. The third-order valence-corrected chi connectivity index (χ3v) is 4.50. The third kappa shape index (κ3) is 2.76. The number of aromatic hydroxyl groups is 1. The first-order valence-electron chi connectivity index (χ1n) is 7.81. The van der Waals surface area contributed by atoms with Crippen molar-refractivity contribution in [2.75, 3.05) is 11.4 Å². The third-order valence-electron chi connectivity index (χ3n) is 4.50. The second-order valence-corrected chi connectivity index (χ2v) is 6.02. The highest BCUT2D eigenvalue weighted by molar-refractivity contribution is 5.57. The summed E-state index contributed by atoms with van der Waals surface area (Å²) in [4.78, 5) is 2.44. The lowest BCUT2D eigenvalue weighted by Crippen LogP contribution is -2.27. The van der Waals surface area contributed by atoms with Crippen molar-refractivity contribution in [2.45, 2.75) is 39.2 Å². The van der Waals surface area contributed by atoms with Crippen molar-refractivity contribution in [3.63, 3.8) is 0 Å². The first kappa shape index (κ1) is 14.0. The zero-order valence-corrected chi connectivity index (χ0v) is 12.8. The lowest BCUT2D eigenvalue weighted by Gasteiger charge is -2.32. The predicted molar refractivity (Wildman–Crippen MR) is 88.0 cm³/mol. The van der Waals surface area contributed by atoms with Crippen LogP contribution in [0.2, 0.25) is 0 Å². The first-order valence-corrected chi connectivity index (χ1v) is 7.81. The molecule has 0 spiro atoms. The van der Waals surface area contributed by atoms with E-state index in [0.29, 0.717) is 5.75 Å². The standard InChI is InChI=1S/C19H23NO/c1-14-10-11-19(21)17(13-14)15(2)20-12-6-5-8-16-7-3-4-9-18(16)20/h3-4,7,9-11,13,15,21H,5-6,8,12H2,1-2H3. The van der Waals surface area contributed by atoms with Gasteiger partial charge in [0.25, 0.3) is 0 Å². The van der Waals surface area contributed by atoms with Crippen LogP contribution in [0.4, 0.5) is 5.69 Å². The Hall–Kier alpha value is -1.96. The van der Waals surface area contributed by atoms with E-state index in [1.807, 2.05) is 12.1 Å². The highest BCUT2D eigenvalue weighted by atomic mass is 16.3. The maximum atomic E-state index is 10.2. The van der Waals surface area contributed by atoms with Crippen LogP contribution < -0.4 is 4.90 Å². The summed E-state index contributed by atoms with van der Waals surface area (Å²) in [6.07, 6.45) is 3.59. The van der Waals surface area contributed by atoms with Crippen molar-refractivity contribution in [3.8, 4) is 5.75 Å². The fraction of sp³-hybridized carbons (Fsp3) is 0.368. The van der Waals surface area contributed by atoms with Crippen LogP contribution in [-0.4, -0.2) is 11.7 Å². The van der Waals surface area contributed by atoms with Gasteiger partial charge in [-0.3, -0.25) is 0 Å². The van der Waals surface area contributed by atoms with E-state index in [1.165, 1.54) is 29.7 Å². The molecule has 2 heteroatoms. The number of phenols is 1. The van der Waals surface area contributed by atoms with Crippen molar-refractivity contribution in [1.29, 1.82) is 0 Å². The van der Waals surface area contributed by atoms with Crippen LogP contribution in [-0.2, 0) is 6.42 Å². The average molecular weight is 281 g/mol. The topological polar surface area (TPSA) is 23.5 Å². The minimum Gasteiger partial charge on any atom is -0.508 e. The summed E-state index contributed by atoms with van der Waals surface area (Å²) in [5.41, 5.74) is 4.96. The molecule has 0 amide bonds. The number of nitrogens with zero attached hydrogens (tertiary/aromatic N) is 1. The normalized spacial score (nSPS) is 16.2. The molecule has 1 aliphatic rings. The molecule has 1 atom stereocenters. The highest BCUT2D eigenvalue weighted by Crippen LogP contribution is 2.36. The van der Waals surface area contributed by atoms with Crippen molar-refractivity contribution >= 4 is 5.69 Å². The van der Waals surface area contributed by atoms with Gasteiger partial charge in [-0.1, -0.05) is 35.9 Å². The van der Waals surface area contributed by atoms with E-state index in [-0.39, 0.29) is 6.04 Å². The molecular formula is C19H23NO. The minimum atomic E-state index is 0.184. The van der Waals surface area contributed by atoms with E-state index in [1.54, 1.807) is 0 Å². The maximum absolute atomic E-state index is 10.2. The van der Waals surface area contributed by atoms with E-state index in [0.717, 1.165) is 18.5 Å². The Labute approximate surface area is 127 Å². The molecule has 3 rings (SSSR count). The van der Waals surface area contributed by atoms with Crippen LogP contribution in [0.15, 0.2) is 42.5 Å². The molecule has 0 aromatic heterocycles. The molecule has 0 aliphatic carbocycles. The molecule has 1 unspecified atom stereocenters. The van der Waals surface area contributed by atoms with Gasteiger partial charge in [0.1, 0.15) is 5.75 Å². The second kappa shape index (κ2) is 5.80. The first-order chi connectivity index (χ1) is 10.2. The zero-order valence-electron chi connectivity index (χ0n) is 12.8. The van der Waals surface area contributed by atoms with Crippen LogP contribution in [0.25, 0.3) is 0 Å². The summed E-state index contributed by atoms with van der Waals surface area (Å²) in [6.45, 7) is 5.31. The summed E-state index contributed by atoms with van der Waals surface area (Å²) in [5.74, 6) is 0.398. The van der Waals surface area contributed by atoms with Crippen LogP contribution in [0.1, 0.15) is 42.5 Å². The molecule has 0 saturated carbocycles. The molecule has 1 N–H and O–H groups in total. The molecule has 2 aromatic rings. The number of rotatable bonds is 2. The summed E-state index contributed by atoms with van der Waals surface area (Å²) in [7, 11) is 0. The molecule has 2 aromatic carbocycles. The van der Waals surface area contributed by atoms with E-state index < -0.39 is 0 Å². The van der Waals surface area contributed by atoms with Gasteiger partial charge in [0.15, 0.2) is 0 Å². The summed E-state index contributed by atoms with van der Waals surface area (Å²) < 4.78 is 0. The Morgan fingerprint density at radius 2 is 1.90 bits per heavy atom. The second-order valence-electron chi connectivity index (χ2n) is 6.02.